The highest BCUT2D eigenvalue weighted by Gasteiger charge is 2.11. The Labute approximate surface area is 126 Å². The molecule has 110 valence electrons. The van der Waals surface area contributed by atoms with E-state index in [4.69, 9.17) is 5.26 Å². The summed E-state index contributed by atoms with van der Waals surface area (Å²) >= 11 is 0. The van der Waals surface area contributed by atoms with Crippen molar-refractivity contribution in [3.05, 3.63) is 47.0 Å². The van der Waals surface area contributed by atoms with E-state index in [0.29, 0.717) is 12.8 Å². The average Bonchev–Trinajstić information content (AvgIpc) is 2.87. The summed E-state index contributed by atoms with van der Waals surface area (Å²) < 4.78 is 0. The molecule has 4 nitrogen and oxygen atoms in total. The molecule has 0 unspecified atom stereocenters. The summed E-state index contributed by atoms with van der Waals surface area (Å²) in [5.74, 6) is 1.01. The molecule has 0 fully saturated rings. The fourth-order valence-corrected chi connectivity index (χ4v) is 2.11. The summed E-state index contributed by atoms with van der Waals surface area (Å²) in [6, 6.07) is 3.80. The van der Waals surface area contributed by atoms with Gasteiger partial charge in [0.25, 0.3) is 0 Å². The SMILES string of the molecule is C#N.C=C=C(C)CCC(=O)c1cc(C)c2nc(C)[nH]c2c1.[HH]. The molecule has 0 radical (unpaired) electrons. The number of carbonyl (C=O) groups excluding carboxylic acids is 1. The number of aromatic amines is 1. The number of aryl methyl sites for hydroxylation is 2. The number of H-pyrrole nitrogens is 1. The summed E-state index contributed by atoms with van der Waals surface area (Å²) in [4.78, 5) is 19.8. The summed E-state index contributed by atoms with van der Waals surface area (Å²) in [5, 5.41) is 6.50. The van der Waals surface area contributed by atoms with Gasteiger partial charge in [-0.15, -0.1) is 5.73 Å². The zero-order valence-corrected chi connectivity index (χ0v) is 12.7. The fraction of sp³-hybridized carbons (Fsp3) is 0.294. The van der Waals surface area contributed by atoms with E-state index in [1.54, 1.807) is 0 Å². The first-order valence-electron chi connectivity index (χ1n) is 6.62. The van der Waals surface area contributed by atoms with Gasteiger partial charge in [0.05, 0.1) is 11.0 Å². The summed E-state index contributed by atoms with van der Waals surface area (Å²) in [6.45, 7) is 12.9. The van der Waals surface area contributed by atoms with Crippen LogP contribution in [-0.2, 0) is 0 Å². The Balaban J connectivity index is 0.00000141. The van der Waals surface area contributed by atoms with Crippen LogP contribution < -0.4 is 0 Å². The monoisotopic (exact) mass is 283 g/mol. The van der Waals surface area contributed by atoms with Crippen molar-refractivity contribution < 1.29 is 6.22 Å². The predicted molar refractivity (Wildman–Crippen MR) is 86.2 cm³/mol. The number of nitrogens with one attached hydrogen (secondary N) is 1. The van der Waals surface area contributed by atoms with Gasteiger partial charge in [-0.25, -0.2) is 10.2 Å². The molecule has 0 aliphatic carbocycles. The van der Waals surface area contributed by atoms with E-state index in [0.717, 1.165) is 33.6 Å². The summed E-state index contributed by atoms with van der Waals surface area (Å²) in [6.07, 6.45) is 1.20. The zero-order chi connectivity index (χ0) is 16.0. The molecule has 1 aromatic heterocycles. The lowest BCUT2D eigenvalue weighted by Gasteiger charge is -2.03. The second kappa shape index (κ2) is 7.23. The minimum absolute atomic E-state index is 0. The van der Waals surface area contributed by atoms with Crippen LogP contribution in [-0.4, -0.2) is 15.8 Å². The number of fused-ring (bicyclic) bond motifs is 1. The number of nitriles is 1. The normalized spacial score (nSPS) is 9.57. The molecule has 2 rings (SSSR count). The van der Waals surface area contributed by atoms with Crippen LogP contribution in [0.5, 0.6) is 0 Å². The first kappa shape index (κ1) is 16.4. The minimum atomic E-state index is 0. The summed E-state index contributed by atoms with van der Waals surface area (Å²) in [7, 11) is 0. The largest absolute Gasteiger partial charge is 0.342 e. The highest BCUT2D eigenvalue weighted by Crippen LogP contribution is 2.20. The lowest BCUT2D eigenvalue weighted by atomic mass is 10.0. The lowest BCUT2D eigenvalue weighted by molar-refractivity contribution is 0.0983. The van der Waals surface area contributed by atoms with Gasteiger partial charge in [-0.1, -0.05) is 6.58 Å². The third-order valence-corrected chi connectivity index (χ3v) is 3.25. The van der Waals surface area contributed by atoms with Crippen LogP contribution in [0.4, 0.5) is 0 Å². The van der Waals surface area contributed by atoms with Gasteiger partial charge >= 0.3 is 0 Å². The molecular weight excluding hydrogens is 262 g/mol. The highest BCUT2D eigenvalue weighted by atomic mass is 16.1. The van der Waals surface area contributed by atoms with E-state index < -0.39 is 0 Å². The number of hydrogen-bond acceptors (Lipinski definition) is 3. The molecule has 0 spiro atoms. The van der Waals surface area contributed by atoms with Crippen LogP contribution in [0.1, 0.15) is 42.9 Å². The van der Waals surface area contributed by atoms with Crippen LogP contribution >= 0.6 is 0 Å². The van der Waals surface area contributed by atoms with E-state index >= 15 is 0 Å². The predicted octanol–water partition coefficient (Wildman–Crippen LogP) is 4.26. The van der Waals surface area contributed by atoms with E-state index in [1.807, 2.05) is 32.9 Å². The van der Waals surface area contributed by atoms with Gasteiger partial charge in [-0.3, -0.25) is 4.79 Å². The van der Waals surface area contributed by atoms with Crippen molar-refractivity contribution in [3.8, 4) is 6.57 Å². The molecule has 1 heterocycles. The molecule has 0 bridgehead atoms. The Morgan fingerprint density at radius 1 is 1.43 bits per heavy atom. The Hall–Kier alpha value is -2.63. The second-order valence-electron chi connectivity index (χ2n) is 4.89. The molecule has 1 N–H and O–H groups in total. The third-order valence-electron chi connectivity index (χ3n) is 3.25. The van der Waals surface area contributed by atoms with Gasteiger partial charge in [0.2, 0.25) is 0 Å². The van der Waals surface area contributed by atoms with Crippen LogP contribution in [0.25, 0.3) is 11.0 Å². The Morgan fingerprint density at radius 2 is 2.10 bits per heavy atom. The van der Waals surface area contributed by atoms with Gasteiger partial charge in [0.15, 0.2) is 5.78 Å². The van der Waals surface area contributed by atoms with Gasteiger partial charge in [0, 0.05) is 20.0 Å². The standard InChI is InChI=1S/C16H18N2O.CHN.H2/c1-5-10(2)6-7-15(19)13-8-11(3)16-14(9-13)17-12(4)18-16;1-2;/h8-9H,1,6-7H2,2-4H3,(H,17,18);1H;1H. The van der Waals surface area contributed by atoms with E-state index in [1.165, 1.54) is 0 Å². The van der Waals surface area contributed by atoms with E-state index in [2.05, 4.69) is 28.9 Å². The number of aromatic nitrogens is 2. The molecule has 0 aliphatic heterocycles. The van der Waals surface area contributed by atoms with Crippen LogP contribution in [0.15, 0.2) is 30.0 Å². The molecule has 0 amide bonds. The number of imidazole rings is 1. The molecule has 0 atom stereocenters. The molecule has 0 saturated heterocycles. The molecular formula is C17H21N3O. The fourth-order valence-electron chi connectivity index (χ4n) is 2.11. The number of nitrogens with zero attached hydrogens (tertiary/aromatic N) is 2. The maximum atomic E-state index is 12.2. The molecule has 2 aromatic rings. The molecule has 21 heavy (non-hydrogen) atoms. The molecule has 1 aromatic carbocycles. The summed E-state index contributed by atoms with van der Waals surface area (Å²) in [5.41, 5.74) is 7.47. The Kier molecular flexibility index (Phi) is 5.66. The maximum absolute atomic E-state index is 12.2. The second-order valence-corrected chi connectivity index (χ2v) is 4.89. The molecule has 0 saturated carbocycles. The van der Waals surface area contributed by atoms with Crippen LogP contribution in [0.3, 0.4) is 0 Å². The quantitative estimate of drug-likeness (QED) is 0.673. The van der Waals surface area contributed by atoms with Gasteiger partial charge < -0.3 is 4.98 Å². The number of hydrogen-bond donors (Lipinski definition) is 1. The number of carbonyl (C=O) groups is 1. The van der Waals surface area contributed by atoms with Crippen molar-refractivity contribution in [3.63, 3.8) is 0 Å². The van der Waals surface area contributed by atoms with Crippen molar-refractivity contribution in [2.24, 2.45) is 0 Å². The smallest absolute Gasteiger partial charge is 0.163 e. The number of ketones is 1. The average molecular weight is 283 g/mol. The van der Waals surface area contributed by atoms with Crippen molar-refractivity contribution in [1.82, 2.24) is 9.97 Å². The van der Waals surface area contributed by atoms with Crippen molar-refractivity contribution >= 4 is 16.8 Å². The molecule has 0 aliphatic rings. The number of rotatable bonds is 4. The third kappa shape index (κ3) is 3.92. The Morgan fingerprint density at radius 3 is 2.71 bits per heavy atom. The van der Waals surface area contributed by atoms with Gasteiger partial charge in [-0.2, -0.15) is 0 Å². The zero-order valence-electron chi connectivity index (χ0n) is 12.7. The van der Waals surface area contributed by atoms with E-state index in [-0.39, 0.29) is 7.21 Å². The highest BCUT2D eigenvalue weighted by molar-refractivity contribution is 5.99. The van der Waals surface area contributed by atoms with Crippen LogP contribution in [0, 0.1) is 25.7 Å². The molecule has 4 heteroatoms. The number of benzene rings is 1. The van der Waals surface area contributed by atoms with Crippen molar-refractivity contribution in [2.75, 3.05) is 0 Å². The Bertz CT molecular complexity index is 737. The first-order valence-corrected chi connectivity index (χ1v) is 6.62. The first-order chi connectivity index (χ1) is 10.0. The topological polar surface area (TPSA) is 69.5 Å². The van der Waals surface area contributed by atoms with Crippen molar-refractivity contribution in [2.45, 2.75) is 33.6 Å². The van der Waals surface area contributed by atoms with E-state index in [9.17, 15) is 4.79 Å². The number of Topliss-reactive ketones (excluding diaryl/α,β-unsaturated/α-hetero) is 1. The lowest BCUT2D eigenvalue weighted by Crippen LogP contribution is -2.00. The van der Waals surface area contributed by atoms with Gasteiger partial charge in [-0.05, 0) is 50.5 Å². The number of allylic oxidation sites excluding steroid dienone is 1. The maximum Gasteiger partial charge on any atom is 0.163 e. The van der Waals surface area contributed by atoms with Crippen molar-refractivity contribution in [1.29, 1.82) is 5.26 Å². The minimum Gasteiger partial charge on any atom is -0.342 e. The van der Waals surface area contributed by atoms with Crippen LogP contribution in [0.2, 0.25) is 0 Å². The van der Waals surface area contributed by atoms with Gasteiger partial charge in [0.1, 0.15) is 5.82 Å².